The van der Waals surface area contributed by atoms with Gasteiger partial charge in [0.25, 0.3) is 5.91 Å². The van der Waals surface area contributed by atoms with Gasteiger partial charge in [-0.2, -0.15) is 0 Å². The Hall–Kier alpha value is -2.15. The Morgan fingerprint density at radius 2 is 1.85 bits per heavy atom. The van der Waals surface area contributed by atoms with Crippen LogP contribution in [-0.2, 0) is 4.79 Å². The molecule has 0 spiro atoms. The van der Waals surface area contributed by atoms with Gasteiger partial charge in [-0.05, 0) is 51.2 Å². The molecule has 128 valence electrons. The largest absolute Gasteiger partial charge is 0.507 e. The maximum Gasteiger partial charge on any atom is 0.270 e. The molecule has 0 aromatic heterocycles. The van der Waals surface area contributed by atoms with Crippen molar-refractivity contribution in [2.75, 3.05) is 4.90 Å². The molecule has 0 aliphatic carbocycles. The van der Waals surface area contributed by atoms with Crippen LogP contribution in [0.4, 0.5) is 5.69 Å². The number of anilines is 1. The summed E-state index contributed by atoms with van der Waals surface area (Å²) in [5.74, 6) is 0.0194. The van der Waals surface area contributed by atoms with Crippen LogP contribution in [0, 0.1) is 0 Å². The molecule has 3 aromatic carbocycles. The zero-order valence-electron chi connectivity index (χ0n) is 13.3. The van der Waals surface area contributed by atoms with Gasteiger partial charge in [0.15, 0.2) is 4.32 Å². The summed E-state index contributed by atoms with van der Waals surface area (Å²) in [6.45, 7) is 0. The summed E-state index contributed by atoms with van der Waals surface area (Å²) >= 11 is 10.1. The number of thioether (sulfide) groups is 1. The van der Waals surface area contributed by atoms with Crippen LogP contribution >= 0.6 is 39.9 Å². The Morgan fingerprint density at radius 1 is 1.08 bits per heavy atom. The van der Waals surface area contributed by atoms with E-state index >= 15 is 0 Å². The van der Waals surface area contributed by atoms with E-state index in [0.29, 0.717) is 13.7 Å². The fraction of sp³-hybridized carbons (Fsp3) is 0. The number of hydrogen-bond donors (Lipinski definition) is 1. The quantitative estimate of drug-likeness (QED) is 0.408. The van der Waals surface area contributed by atoms with Crippen LogP contribution in [0.15, 0.2) is 70.0 Å². The molecule has 0 saturated carbocycles. The van der Waals surface area contributed by atoms with Gasteiger partial charge in [0, 0.05) is 5.39 Å². The maximum absolute atomic E-state index is 13.0. The Bertz CT molecular complexity index is 1090. The lowest BCUT2D eigenvalue weighted by molar-refractivity contribution is -0.113. The minimum Gasteiger partial charge on any atom is -0.507 e. The van der Waals surface area contributed by atoms with Gasteiger partial charge in [-0.15, -0.1) is 0 Å². The normalized spacial score (nSPS) is 16.0. The van der Waals surface area contributed by atoms with E-state index in [-0.39, 0.29) is 11.7 Å². The first kappa shape index (κ1) is 17.3. The third-order valence-electron chi connectivity index (χ3n) is 4.07. The zero-order chi connectivity index (χ0) is 18.3. The van der Waals surface area contributed by atoms with Gasteiger partial charge in [0.05, 0.1) is 15.1 Å². The number of aromatic hydroxyl groups is 1. The van der Waals surface area contributed by atoms with Crippen LogP contribution in [0.3, 0.4) is 0 Å². The van der Waals surface area contributed by atoms with Crippen LogP contribution in [-0.4, -0.2) is 15.3 Å². The highest BCUT2D eigenvalue weighted by Gasteiger charge is 2.34. The number of thiocarbonyl (C=S) groups is 1. The Labute approximate surface area is 168 Å². The fourth-order valence-electron chi connectivity index (χ4n) is 2.84. The molecular formula is C20H12BrNO2S2. The SMILES string of the molecule is O=C1/C(=C/c2ccc(O)c(Br)c2)SC(=S)N1c1cccc2ccccc12. The number of phenolic OH excluding ortho intramolecular Hbond substituents is 1. The summed E-state index contributed by atoms with van der Waals surface area (Å²) in [7, 11) is 0. The van der Waals surface area contributed by atoms with Gasteiger partial charge >= 0.3 is 0 Å². The van der Waals surface area contributed by atoms with Crippen molar-refractivity contribution in [2.45, 2.75) is 0 Å². The van der Waals surface area contributed by atoms with E-state index in [4.69, 9.17) is 12.2 Å². The lowest BCUT2D eigenvalue weighted by Gasteiger charge is -2.17. The molecule has 6 heteroatoms. The molecule has 0 radical (unpaired) electrons. The van der Waals surface area contributed by atoms with Crippen LogP contribution in [0.1, 0.15) is 5.56 Å². The molecule has 1 aliphatic heterocycles. The van der Waals surface area contributed by atoms with Crippen molar-refractivity contribution >= 4 is 72.7 Å². The second kappa shape index (κ2) is 6.87. The monoisotopic (exact) mass is 441 g/mol. The lowest BCUT2D eigenvalue weighted by Crippen LogP contribution is -2.27. The Morgan fingerprint density at radius 3 is 2.65 bits per heavy atom. The highest BCUT2D eigenvalue weighted by Crippen LogP contribution is 2.39. The molecule has 1 N–H and O–H groups in total. The minimum atomic E-state index is -0.138. The summed E-state index contributed by atoms with van der Waals surface area (Å²) < 4.78 is 1.09. The molecule has 1 saturated heterocycles. The summed E-state index contributed by atoms with van der Waals surface area (Å²) in [5, 5.41) is 11.7. The van der Waals surface area contributed by atoms with E-state index in [9.17, 15) is 9.90 Å². The van der Waals surface area contributed by atoms with Crippen molar-refractivity contribution in [1.82, 2.24) is 0 Å². The van der Waals surface area contributed by atoms with Crippen molar-refractivity contribution in [2.24, 2.45) is 0 Å². The molecule has 1 heterocycles. The molecule has 1 amide bonds. The number of phenols is 1. The first-order chi connectivity index (χ1) is 12.5. The standard InChI is InChI=1S/C20H12BrNO2S2/c21-15-10-12(8-9-17(15)23)11-18-19(24)22(20(25)26-18)16-7-3-5-13-4-1-2-6-14(13)16/h1-11,23H/b18-11-. The average molecular weight is 442 g/mol. The van der Waals surface area contributed by atoms with Gasteiger partial charge < -0.3 is 5.11 Å². The molecule has 0 unspecified atom stereocenters. The van der Waals surface area contributed by atoms with Crippen molar-refractivity contribution < 1.29 is 9.90 Å². The molecule has 3 nitrogen and oxygen atoms in total. The number of rotatable bonds is 2. The topological polar surface area (TPSA) is 40.5 Å². The third kappa shape index (κ3) is 3.05. The van der Waals surface area contributed by atoms with E-state index in [0.717, 1.165) is 22.0 Å². The fourth-order valence-corrected chi connectivity index (χ4v) is 4.52. The number of carbonyl (C=O) groups is 1. The summed E-state index contributed by atoms with van der Waals surface area (Å²) in [6.07, 6.45) is 1.79. The molecule has 1 aliphatic rings. The molecular weight excluding hydrogens is 430 g/mol. The van der Waals surface area contributed by atoms with Crippen molar-refractivity contribution in [3.63, 3.8) is 0 Å². The van der Waals surface area contributed by atoms with Crippen LogP contribution in [0.25, 0.3) is 16.8 Å². The average Bonchev–Trinajstić information content (AvgIpc) is 2.91. The van der Waals surface area contributed by atoms with Gasteiger partial charge in [-0.3, -0.25) is 9.69 Å². The highest BCUT2D eigenvalue weighted by atomic mass is 79.9. The van der Waals surface area contributed by atoms with Crippen LogP contribution in [0.2, 0.25) is 0 Å². The van der Waals surface area contributed by atoms with Crippen molar-refractivity contribution in [3.8, 4) is 5.75 Å². The summed E-state index contributed by atoms with van der Waals surface area (Å²) in [5.41, 5.74) is 1.61. The first-order valence-electron chi connectivity index (χ1n) is 7.79. The number of fused-ring (bicyclic) bond motifs is 1. The number of nitrogens with zero attached hydrogens (tertiary/aromatic N) is 1. The summed E-state index contributed by atoms with van der Waals surface area (Å²) in [4.78, 5) is 15.1. The maximum atomic E-state index is 13.0. The smallest absolute Gasteiger partial charge is 0.270 e. The van der Waals surface area contributed by atoms with E-state index in [1.807, 2.05) is 42.5 Å². The van der Waals surface area contributed by atoms with Gasteiger partial charge in [0.2, 0.25) is 0 Å². The number of hydrogen-bond acceptors (Lipinski definition) is 4. The highest BCUT2D eigenvalue weighted by molar-refractivity contribution is 9.10. The summed E-state index contributed by atoms with van der Waals surface area (Å²) in [6, 6.07) is 18.9. The Balaban J connectivity index is 1.75. The first-order valence-corrected chi connectivity index (χ1v) is 9.80. The predicted octanol–water partition coefficient (Wildman–Crippen LogP) is 5.71. The molecule has 4 rings (SSSR count). The van der Waals surface area contributed by atoms with Crippen LogP contribution < -0.4 is 4.90 Å². The van der Waals surface area contributed by atoms with E-state index in [1.165, 1.54) is 11.8 Å². The van der Waals surface area contributed by atoms with Gasteiger partial charge in [-0.25, -0.2) is 0 Å². The third-order valence-corrected chi connectivity index (χ3v) is 6.01. The van der Waals surface area contributed by atoms with Crippen molar-refractivity contribution in [1.29, 1.82) is 0 Å². The zero-order valence-corrected chi connectivity index (χ0v) is 16.6. The molecule has 1 fully saturated rings. The lowest BCUT2D eigenvalue weighted by atomic mass is 10.1. The van der Waals surface area contributed by atoms with E-state index in [1.54, 1.807) is 29.2 Å². The molecule has 26 heavy (non-hydrogen) atoms. The molecule has 0 bridgehead atoms. The number of benzene rings is 3. The second-order valence-electron chi connectivity index (χ2n) is 5.73. The number of amides is 1. The molecule has 0 atom stereocenters. The van der Waals surface area contributed by atoms with Crippen LogP contribution in [0.5, 0.6) is 5.75 Å². The van der Waals surface area contributed by atoms with Gasteiger partial charge in [0.1, 0.15) is 5.75 Å². The minimum absolute atomic E-state index is 0.138. The van der Waals surface area contributed by atoms with E-state index in [2.05, 4.69) is 15.9 Å². The second-order valence-corrected chi connectivity index (χ2v) is 8.26. The van der Waals surface area contributed by atoms with E-state index < -0.39 is 0 Å². The predicted molar refractivity (Wildman–Crippen MR) is 115 cm³/mol. The van der Waals surface area contributed by atoms with Gasteiger partial charge in [-0.1, -0.05) is 66.4 Å². The number of halogens is 1. The Kier molecular flexibility index (Phi) is 4.56. The number of carbonyl (C=O) groups excluding carboxylic acids is 1. The van der Waals surface area contributed by atoms with Crippen molar-refractivity contribution in [3.05, 3.63) is 75.6 Å². The molecule has 3 aromatic rings.